The number of aryl methyl sites for hydroxylation is 2. The van der Waals surface area contributed by atoms with Crippen molar-refractivity contribution >= 4 is 17.0 Å². The summed E-state index contributed by atoms with van der Waals surface area (Å²) in [5.74, 6) is 1.95. The second-order valence-electron chi connectivity index (χ2n) is 7.03. The third-order valence-corrected chi connectivity index (χ3v) is 4.99. The van der Waals surface area contributed by atoms with Gasteiger partial charge in [-0.1, -0.05) is 12.1 Å². The molecule has 0 radical (unpaired) electrons. The van der Waals surface area contributed by atoms with E-state index in [2.05, 4.69) is 36.3 Å². The lowest BCUT2D eigenvalue weighted by atomic mass is 10.1. The molecule has 0 bridgehead atoms. The number of nitrogens with one attached hydrogen (secondary N) is 2. The molecule has 0 aliphatic carbocycles. The molecule has 1 unspecified atom stereocenters. The first kappa shape index (κ1) is 18.5. The van der Waals surface area contributed by atoms with E-state index in [9.17, 15) is 0 Å². The fourth-order valence-corrected chi connectivity index (χ4v) is 3.56. The Kier molecular flexibility index (Phi) is 5.57. The number of hydrogen-bond donors (Lipinski definition) is 2. The van der Waals surface area contributed by atoms with Crippen LogP contribution in [0.1, 0.15) is 23.9 Å². The van der Waals surface area contributed by atoms with Crippen molar-refractivity contribution in [2.75, 3.05) is 33.3 Å². The number of para-hydroxylation sites is 2. The minimum Gasteiger partial charge on any atom is -0.370 e. The molecule has 0 amide bonds. The second-order valence-corrected chi connectivity index (χ2v) is 7.03. The number of imidazole rings is 1. The van der Waals surface area contributed by atoms with Crippen LogP contribution in [0.25, 0.3) is 11.0 Å². The smallest absolute Gasteiger partial charge is 0.193 e. The van der Waals surface area contributed by atoms with Crippen LogP contribution < -0.4 is 5.32 Å². The summed E-state index contributed by atoms with van der Waals surface area (Å²) in [6, 6.07) is 8.13. The van der Waals surface area contributed by atoms with Crippen LogP contribution in [0.15, 0.2) is 41.7 Å². The Morgan fingerprint density at radius 1 is 1.39 bits per heavy atom. The van der Waals surface area contributed by atoms with Crippen LogP contribution in [0.3, 0.4) is 0 Å². The summed E-state index contributed by atoms with van der Waals surface area (Å²) in [5.41, 5.74) is 3.22. The van der Waals surface area contributed by atoms with Crippen molar-refractivity contribution in [2.24, 2.45) is 12.0 Å². The van der Waals surface area contributed by atoms with E-state index in [-0.39, 0.29) is 6.10 Å². The number of guanidine groups is 1. The van der Waals surface area contributed by atoms with Crippen molar-refractivity contribution in [1.82, 2.24) is 30.0 Å². The number of aromatic amines is 1. The highest BCUT2D eigenvalue weighted by atomic mass is 16.5. The lowest BCUT2D eigenvalue weighted by Gasteiger charge is -2.34. The van der Waals surface area contributed by atoms with E-state index in [0.29, 0.717) is 6.61 Å². The third kappa shape index (κ3) is 4.17. The minimum absolute atomic E-state index is 0.0246. The number of morpholine rings is 1. The largest absolute Gasteiger partial charge is 0.370 e. The highest BCUT2D eigenvalue weighted by Crippen LogP contribution is 2.21. The molecule has 2 N–H and O–H groups in total. The highest BCUT2D eigenvalue weighted by Gasteiger charge is 2.25. The number of rotatable bonds is 5. The van der Waals surface area contributed by atoms with Gasteiger partial charge in [-0.25, -0.2) is 4.98 Å². The lowest BCUT2D eigenvalue weighted by molar-refractivity contribution is -0.00801. The van der Waals surface area contributed by atoms with Crippen molar-refractivity contribution in [3.05, 3.63) is 48.0 Å². The van der Waals surface area contributed by atoms with Gasteiger partial charge in [-0.2, -0.15) is 5.10 Å². The Labute approximate surface area is 164 Å². The van der Waals surface area contributed by atoms with Gasteiger partial charge in [0.2, 0.25) is 0 Å². The van der Waals surface area contributed by atoms with Crippen LogP contribution in [-0.4, -0.2) is 63.9 Å². The summed E-state index contributed by atoms with van der Waals surface area (Å²) in [6.45, 7) is 3.13. The van der Waals surface area contributed by atoms with E-state index in [0.717, 1.165) is 60.9 Å². The Morgan fingerprint density at radius 2 is 2.29 bits per heavy atom. The lowest BCUT2D eigenvalue weighted by Crippen LogP contribution is -2.48. The van der Waals surface area contributed by atoms with Gasteiger partial charge in [0.05, 0.1) is 30.4 Å². The number of ether oxygens (including phenoxy) is 1. The molecule has 3 heterocycles. The van der Waals surface area contributed by atoms with Gasteiger partial charge in [0, 0.05) is 45.4 Å². The zero-order valence-electron chi connectivity index (χ0n) is 16.4. The first-order chi connectivity index (χ1) is 13.7. The normalized spacial score (nSPS) is 18.0. The maximum absolute atomic E-state index is 5.92. The van der Waals surface area contributed by atoms with Crippen molar-refractivity contribution in [1.29, 1.82) is 0 Å². The highest BCUT2D eigenvalue weighted by molar-refractivity contribution is 5.80. The molecule has 1 atom stereocenters. The fraction of sp³-hybridized carbons (Fsp3) is 0.450. The first-order valence-electron chi connectivity index (χ1n) is 9.72. The van der Waals surface area contributed by atoms with Gasteiger partial charge in [0.25, 0.3) is 0 Å². The maximum atomic E-state index is 5.92. The third-order valence-electron chi connectivity index (χ3n) is 4.99. The molecule has 4 rings (SSSR count). The average Bonchev–Trinajstić information content (AvgIpc) is 3.34. The molecule has 0 spiro atoms. The van der Waals surface area contributed by atoms with Gasteiger partial charge in [-0.15, -0.1) is 0 Å². The fourth-order valence-electron chi connectivity index (χ4n) is 3.56. The number of aromatic nitrogens is 4. The number of fused-ring (bicyclic) bond motifs is 1. The van der Waals surface area contributed by atoms with Gasteiger partial charge in [-0.3, -0.25) is 9.67 Å². The predicted molar refractivity (Wildman–Crippen MR) is 109 cm³/mol. The molecule has 1 aromatic carbocycles. The van der Waals surface area contributed by atoms with Crippen LogP contribution in [0.4, 0.5) is 0 Å². The molecule has 0 saturated carbocycles. The van der Waals surface area contributed by atoms with Gasteiger partial charge < -0.3 is 19.9 Å². The zero-order valence-corrected chi connectivity index (χ0v) is 16.4. The summed E-state index contributed by atoms with van der Waals surface area (Å²) in [5, 5.41) is 7.73. The Balaban J connectivity index is 1.28. The molecule has 8 nitrogen and oxygen atoms in total. The number of hydrogen-bond acceptors (Lipinski definition) is 4. The summed E-state index contributed by atoms with van der Waals surface area (Å²) in [7, 11) is 3.75. The van der Waals surface area contributed by atoms with Crippen LogP contribution in [0.2, 0.25) is 0 Å². The molecule has 8 heteroatoms. The molecule has 148 valence electrons. The standard InChI is InChI=1S/C20H27N7O/c1-21-20(27-10-11-28-18(14-27)15-12-23-26(2)13-15)22-9-5-8-19-24-16-6-3-4-7-17(16)25-19/h3-4,6-7,12-13,18H,5,8-11,14H2,1-2H3,(H,21,22)(H,24,25). The molecule has 1 saturated heterocycles. The molecule has 1 fully saturated rings. The van der Waals surface area contributed by atoms with Gasteiger partial charge >= 0.3 is 0 Å². The number of benzene rings is 1. The predicted octanol–water partition coefficient (Wildman–Crippen LogP) is 1.88. The van der Waals surface area contributed by atoms with E-state index >= 15 is 0 Å². The zero-order chi connectivity index (χ0) is 19.3. The average molecular weight is 381 g/mol. The Hall–Kier alpha value is -2.87. The Bertz CT molecular complexity index is 912. The summed E-state index contributed by atoms with van der Waals surface area (Å²) in [6.07, 6.45) is 5.79. The van der Waals surface area contributed by atoms with Gasteiger partial charge in [-0.05, 0) is 18.6 Å². The summed E-state index contributed by atoms with van der Waals surface area (Å²) < 4.78 is 7.73. The van der Waals surface area contributed by atoms with Gasteiger partial charge in [0.15, 0.2) is 5.96 Å². The molecular formula is C20H27N7O. The van der Waals surface area contributed by atoms with Gasteiger partial charge in [0.1, 0.15) is 11.9 Å². The van der Waals surface area contributed by atoms with E-state index in [1.807, 2.05) is 49.4 Å². The first-order valence-corrected chi connectivity index (χ1v) is 9.72. The number of nitrogens with zero attached hydrogens (tertiary/aromatic N) is 5. The number of aliphatic imine (C=N–C) groups is 1. The van der Waals surface area contributed by atoms with E-state index in [1.165, 1.54) is 0 Å². The molecule has 2 aromatic heterocycles. The van der Waals surface area contributed by atoms with Crippen LogP contribution in [0, 0.1) is 0 Å². The van der Waals surface area contributed by atoms with Crippen molar-refractivity contribution < 1.29 is 4.74 Å². The topological polar surface area (TPSA) is 83.4 Å². The minimum atomic E-state index is 0.0246. The van der Waals surface area contributed by atoms with Crippen molar-refractivity contribution in [2.45, 2.75) is 18.9 Å². The molecule has 28 heavy (non-hydrogen) atoms. The van der Waals surface area contributed by atoms with E-state index < -0.39 is 0 Å². The van der Waals surface area contributed by atoms with Crippen LogP contribution in [-0.2, 0) is 18.2 Å². The van der Waals surface area contributed by atoms with Crippen molar-refractivity contribution in [3.8, 4) is 0 Å². The SMILES string of the molecule is CN=C(NCCCc1nc2ccccc2[nH]1)N1CCOC(c2cnn(C)c2)C1. The molecular weight excluding hydrogens is 354 g/mol. The molecule has 1 aliphatic heterocycles. The number of H-pyrrole nitrogens is 1. The van der Waals surface area contributed by atoms with Crippen LogP contribution >= 0.6 is 0 Å². The van der Waals surface area contributed by atoms with Crippen LogP contribution in [0.5, 0.6) is 0 Å². The summed E-state index contributed by atoms with van der Waals surface area (Å²) >= 11 is 0. The van der Waals surface area contributed by atoms with E-state index in [1.54, 1.807) is 0 Å². The van der Waals surface area contributed by atoms with Crippen molar-refractivity contribution in [3.63, 3.8) is 0 Å². The quantitative estimate of drug-likeness (QED) is 0.401. The Morgan fingerprint density at radius 3 is 3.07 bits per heavy atom. The summed E-state index contributed by atoms with van der Waals surface area (Å²) in [4.78, 5) is 14.7. The monoisotopic (exact) mass is 381 g/mol. The molecule has 1 aliphatic rings. The molecule has 3 aromatic rings. The maximum Gasteiger partial charge on any atom is 0.193 e. The second kappa shape index (κ2) is 8.43. The van der Waals surface area contributed by atoms with E-state index in [4.69, 9.17) is 4.74 Å².